The lowest BCUT2D eigenvalue weighted by atomic mass is 10.2. The number of carbonyl (C=O) groups excluding carboxylic acids is 1. The summed E-state index contributed by atoms with van der Waals surface area (Å²) in [5.74, 6) is -1.35. The Morgan fingerprint density at radius 2 is 2.06 bits per heavy atom. The normalized spacial score (nSPS) is 10.2. The van der Waals surface area contributed by atoms with E-state index in [1.54, 1.807) is 13.8 Å². The lowest BCUT2D eigenvalue weighted by Gasteiger charge is -2.04. The van der Waals surface area contributed by atoms with E-state index in [0.717, 1.165) is 0 Å². The highest BCUT2D eigenvalue weighted by Gasteiger charge is 2.17. The van der Waals surface area contributed by atoms with Crippen LogP contribution in [0.25, 0.3) is 0 Å². The van der Waals surface area contributed by atoms with Crippen molar-refractivity contribution in [3.05, 3.63) is 17.0 Å². The molecule has 88 valence electrons. The molecule has 0 bridgehead atoms. The molecule has 0 aliphatic heterocycles. The monoisotopic (exact) mass is 226 g/mol. The summed E-state index contributed by atoms with van der Waals surface area (Å²) in [5.41, 5.74) is 1.24. The number of aromatic carboxylic acids is 1. The zero-order valence-electron chi connectivity index (χ0n) is 9.48. The van der Waals surface area contributed by atoms with Crippen LogP contribution in [-0.4, -0.2) is 33.4 Å². The van der Waals surface area contributed by atoms with Gasteiger partial charge in [-0.1, -0.05) is 0 Å². The molecule has 0 unspecified atom stereocenters. The van der Waals surface area contributed by atoms with Gasteiger partial charge in [-0.3, -0.25) is 9.48 Å². The van der Waals surface area contributed by atoms with Gasteiger partial charge in [0, 0.05) is 6.92 Å². The minimum absolute atomic E-state index is 0.191. The minimum Gasteiger partial charge on any atom is -0.478 e. The molecule has 1 heterocycles. The zero-order chi connectivity index (χ0) is 12.3. The highest BCUT2D eigenvalue weighted by Crippen LogP contribution is 2.12. The van der Waals surface area contributed by atoms with Gasteiger partial charge in [0.15, 0.2) is 0 Å². The number of aryl methyl sites for hydroxylation is 1. The second-order valence-corrected chi connectivity index (χ2v) is 3.41. The third-order valence-electron chi connectivity index (χ3n) is 2.20. The molecule has 0 aliphatic carbocycles. The number of aromatic nitrogens is 2. The molecule has 1 aromatic rings. The van der Waals surface area contributed by atoms with Crippen molar-refractivity contribution < 1.29 is 19.4 Å². The number of esters is 1. The molecule has 0 saturated heterocycles. The summed E-state index contributed by atoms with van der Waals surface area (Å²) >= 11 is 0. The first-order chi connectivity index (χ1) is 7.43. The fourth-order valence-corrected chi connectivity index (χ4v) is 1.50. The molecule has 6 heteroatoms. The average Bonchev–Trinajstić information content (AvgIpc) is 2.41. The van der Waals surface area contributed by atoms with Crippen molar-refractivity contribution in [2.45, 2.75) is 27.3 Å². The molecule has 0 atom stereocenters. The third-order valence-corrected chi connectivity index (χ3v) is 2.20. The van der Waals surface area contributed by atoms with Crippen molar-refractivity contribution in [3.63, 3.8) is 0 Å². The van der Waals surface area contributed by atoms with E-state index in [0.29, 0.717) is 17.9 Å². The van der Waals surface area contributed by atoms with Crippen LogP contribution in [0.15, 0.2) is 0 Å². The number of nitrogens with zero attached hydrogens (tertiary/aromatic N) is 2. The van der Waals surface area contributed by atoms with E-state index < -0.39 is 5.97 Å². The van der Waals surface area contributed by atoms with E-state index in [1.807, 2.05) is 0 Å². The number of hydrogen-bond donors (Lipinski definition) is 1. The predicted octanol–water partition coefficient (Wildman–Crippen LogP) is 0.761. The van der Waals surface area contributed by atoms with Crippen LogP contribution in [-0.2, 0) is 16.1 Å². The van der Waals surface area contributed by atoms with Crippen LogP contribution in [0.1, 0.15) is 28.7 Å². The lowest BCUT2D eigenvalue weighted by Crippen LogP contribution is -2.11. The summed E-state index contributed by atoms with van der Waals surface area (Å²) in [6.45, 7) is 5.19. The lowest BCUT2D eigenvalue weighted by molar-refractivity contribution is -0.141. The van der Waals surface area contributed by atoms with Crippen LogP contribution < -0.4 is 0 Å². The van der Waals surface area contributed by atoms with E-state index in [4.69, 9.17) is 9.84 Å². The molecule has 0 radical (unpaired) electrons. The summed E-state index contributed by atoms with van der Waals surface area (Å²) in [4.78, 5) is 21.5. The number of carboxylic acid groups (broad SMARTS) is 1. The molecule has 0 aromatic carbocycles. The molecule has 0 fully saturated rings. The Kier molecular flexibility index (Phi) is 3.65. The van der Waals surface area contributed by atoms with Crippen LogP contribution in [0.2, 0.25) is 0 Å². The molecule has 1 aromatic heterocycles. The van der Waals surface area contributed by atoms with Crippen molar-refractivity contribution in [2.24, 2.45) is 0 Å². The number of carboxylic acids is 1. The van der Waals surface area contributed by atoms with Gasteiger partial charge in [-0.05, 0) is 13.8 Å². The maximum absolute atomic E-state index is 10.9. The SMILES string of the molecule is CC(=O)OCCn1nc(C)c(C(=O)O)c1C. The van der Waals surface area contributed by atoms with Gasteiger partial charge in [0.25, 0.3) is 0 Å². The Morgan fingerprint density at radius 3 is 2.50 bits per heavy atom. The van der Waals surface area contributed by atoms with E-state index in [2.05, 4.69) is 5.10 Å². The van der Waals surface area contributed by atoms with Gasteiger partial charge in [-0.2, -0.15) is 5.10 Å². The highest BCUT2D eigenvalue weighted by atomic mass is 16.5. The molecule has 0 amide bonds. The molecular formula is C10H14N2O4. The Morgan fingerprint density at radius 1 is 1.44 bits per heavy atom. The largest absolute Gasteiger partial charge is 0.478 e. The predicted molar refractivity (Wildman–Crippen MR) is 55.3 cm³/mol. The second kappa shape index (κ2) is 4.78. The molecule has 16 heavy (non-hydrogen) atoms. The zero-order valence-corrected chi connectivity index (χ0v) is 9.48. The summed E-state index contributed by atoms with van der Waals surface area (Å²) in [6, 6.07) is 0. The molecule has 6 nitrogen and oxygen atoms in total. The van der Waals surface area contributed by atoms with Crippen molar-refractivity contribution in [2.75, 3.05) is 6.61 Å². The van der Waals surface area contributed by atoms with Gasteiger partial charge in [-0.25, -0.2) is 4.79 Å². The first kappa shape index (κ1) is 12.2. The summed E-state index contributed by atoms with van der Waals surface area (Å²) in [5, 5.41) is 13.0. The van der Waals surface area contributed by atoms with Gasteiger partial charge in [-0.15, -0.1) is 0 Å². The quantitative estimate of drug-likeness (QED) is 0.766. The third kappa shape index (κ3) is 2.59. The molecule has 0 aliphatic rings. The van der Waals surface area contributed by atoms with E-state index in [-0.39, 0.29) is 18.1 Å². The number of carbonyl (C=O) groups is 2. The Labute approximate surface area is 92.8 Å². The van der Waals surface area contributed by atoms with Gasteiger partial charge in [0.05, 0.1) is 17.9 Å². The first-order valence-electron chi connectivity index (χ1n) is 4.84. The molecular weight excluding hydrogens is 212 g/mol. The summed E-state index contributed by atoms with van der Waals surface area (Å²) in [7, 11) is 0. The van der Waals surface area contributed by atoms with Crippen LogP contribution in [0.4, 0.5) is 0 Å². The van der Waals surface area contributed by atoms with Crippen LogP contribution in [0.5, 0.6) is 0 Å². The fourth-order valence-electron chi connectivity index (χ4n) is 1.50. The number of rotatable bonds is 4. The van der Waals surface area contributed by atoms with Crippen molar-refractivity contribution in [3.8, 4) is 0 Å². The van der Waals surface area contributed by atoms with E-state index in [1.165, 1.54) is 11.6 Å². The number of hydrogen-bond acceptors (Lipinski definition) is 4. The fraction of sp³-hybridized carbons (Fsp3) is 0.500. The standard InChI is InChI=1S/C10H14N2O4/c1-6-9(10(14)15)7(2)12(11-6)4-5-16-8(3)13/h4-5H2,1-3H3,(H,14,15). The van der Waals surface area contributed by atoms with Crippen LogP contribution >= 0.6 is 0 Å². The van der Waals surface area contributed by atoms with Crippen molar-refractivity contribution in [1.29, 1.82) is 0 Å². The highest BCUT2D eigenvalue weighted by molar-refractivity contribution is 5.90. The van der Waals surface area contributed by atoms with Gasteiger partial charge >= 0.3 is 11.9 Å². The smallest absolute Gasteiger partial charge is 0.339 e. The van der Waals surface area contributed by atoms with E-state index >= 15 is 0 Å². The summed E-state index contributed by atoms with van der Waals surface area (Å²) in [6.07, 6.45) is 0. The van der Waals surface area contributed by atoms with Crippen molar-refractivity contribution in [1.82, 2.24) is 9.78 Å². The topological polar surface area (TPSA) is 81.4 Å². The van der Waals surface area contributed by atoms with Gasteiger partial charge in [0.1, 0.15) is 12.2 Å². The molecule has 0 saturated carbocycles. The average molecular weight is 226 g/mol. The maximum Gasteiger partial charge on any atom is 0.339 e. The van der Waals surface area contributed by atoms with Crippen molar-refractivity contribution >= 4 is 11.9 Å². The minimum atomic E-state index is -0.992. The Bertz CT molecular complexity index is 423. The molecule has 1 N–H and O–H groups in total. The van der Waals surface area contributed by atoms with Gasteiger partial charge in [0.2, 0.25) is 0 Å². The number of ether oxygens (including phenoxy) is 1. The molecule has 0 spiro atoms. The Hall–Kier alpha value is -1.85. The molecule has 1 rings (SSSR count). The van der Waals surface area contributed by atoms with E-state index in [9.17, 15) is 9.59 Å². The van der Waals surface area contributed by atoms with Crippen LogP contribution in [0.3, 0.4) is 0 Å². The van der Waals surface area contributed by atoms with Gasteiger partial charge < -0.3 is 9.84 Å². The summed E-state index contributed by atoms with van der Waals surface area (Å²) < 4.78 is 6.29. The van der Waals surface area contributed by atoms with Crippen LogP contribution in [0, 0.1) is 13.8 Å². The first-order valence-corrected chi connectivity index (χ1v) is 4.84. The maximum atomic E-state index is 10.9. The Balaban J connectivity index is 2.79. The second-order valence-electron chi connectivity index (χ2n) is 3.41.